The van der Waals surface area contributed by atoms with Gasteiger partial charge in [0.2, 0.25) is 0 Å². The number of carbonyl (C=O) groups excluding carboxylic acids is 1. The molecule has 2 N–H and O–H groups in total. The Bertz CT molecular complexity index is 772. The zero-order valence-electron chi connectivity index (χ0n) is 11.8. The van der Waals surface area contributed by atoms with Crippen LogP contribution in [0, 0.1) is 6.92 Å². The predicted octanol–water partition coefficient (Wildman–Crippen LogP) is 2.37. The Kier molecular flexibility index (Phi) is 3.27. The van der Waals surface area contributed by atoms with Gasteiger partial charge in [-0.25, -0.2) is 4.98 Å². The average molecular weight is 281 g/mol. The number of H-pyrrole nitrogens is 1. The summed E-state index contributed by atoms with van der Waals surface area (Å²) < 4.78 is 1.66. The molecule has 21 heavy (non-hydrogen) atoms. The lowest BCUT2D eigenvalue weighted by molar-refractivity contribution is 0.101. The molecule has 0 saturated carbocycles. The Hall–Kier alpha value is -2.89. The summed E-state index contributed by atoms with van der Waals surface area (Å²) >= 11 is 0. The number of aromatic nitrogens is 4. The van der Waals surface area contributed by atoms with E-state index in [2.05, 4.69) is 20.5 Å². The van der Waals surface area contributed by atoms with E-state index in [-0.39, 0.29) is 5.91 Å². The molecule has 0 aliphatic rings. The van der Waals surface area contributed by atoms with Crippen molar-refractivity contribution in [3.8, 4) is 11.3 Å². The standard InChI is InChI=1S/C15H15N5O/c1-10-12(11-6-4-3-5-7-11)18-19-13(10)17-15(21)14-16-8-9-20(14)2/h3-9H,1-2H3,(H2,17,18,19,21). The molecule has 0 saturated heterocycles. The lowest BCUT2D eigenvalue weighted by Crippen LogP contribution is -2.17. The number of carbonyl (C=O) groups is 1. The average Bonchev–Trinajstić information content (AvgIpc) is 3.07. The van der Waals surface area contributed by atoms with E-state index < -0.39 is 0 Å². The molecule has 6 nitrogen and oxygen atoms in total. The number of imidazole rings is 1. The van der Waals surface area contributed by atoms with Crippen LogP contribution in [-0.2, 0) is 7.05 Å². The molecular formula is C15H15N5O. The summed E-state index contributed by atoms with van der Waals surface area (Å²) in [6, 6.07) is 9.86. The Morgan fingerprint density at radius 2 is 2.05 bits per heavy atom. The third-order valence-corrected chi connectivity index (χ3v) is 3.33. The van der Waals surface area contributed by atoms with Crippen LogP contribution < -0.4 is 5.32 Å². The Morgan fingerprint density at radius 3 is 2.71 bits per heavy atom. The van der Waals surface area contributed by atoms with Gasteiger partial charge in [-0.2, -0.15) is 5.10 Å². The maximum Gasteiger partial charge on any atom is 0.292 e. The molecule has 0 radical (unpaired) electrons. The van der Waals surface area contributed by atoms with Crippen molar-refractivity contribution in [2.75, 3.05) is 5.32 Å². The molecule has 1 amide bonds. The van der Waals surface area contributed by atoms with Crippen molar-refractivity contribution in [1.82, 2.24) is 19.7 Å². The van der Waals surface area contributed by atoms with Gasteiger partial charge in [-0.1, -0.05) is 30.3 Å². The minimum Gasteiger partial charge on any atom is -0.330 e. The first-order chi connectivity index (χ1) is 10.2. The van der Waals surface area contributed by atoms with Gasteiger partial charge >= 0.3 is 0 Å². The largest absolute Gasteiger partial charge is 0.330 e. The molecule has 0 aliphatic heterocycles. The molecule has 0 aliphatic carbocycles. The van der Waals surface area contributed by atoms with Gasteiger partial charge in [0.15, 0.2) is 11.6 Å². The number of hydrogen-bond donors (Lipinski definition) is 2. The van der Waals surface area contributed by atoms with Crippen molar-refractivity contribution in [3.63, 3.8) is 0 Å². The molecular weight excluding hydrogens is 266 g/mol. The lowest BCUT2D eigenvalue weighted by atomic mass is 10.1. The van der Waals surface area contributed by atoms with Gasteiger partial charge in [0.25, 0.3) is 5.91 Å². The number of aryl methyl sites for hydroxylation is 1. The lowest BCUT2D eigenvalue weighted by Gasteiger charge is -2.03. The number of hydrogen-bond acceptors (Lipinski definition) is 3. The fourth-order valence-corrected chi connectivity index (χ4v) is 2.15. The van der Waals surface area contributed by atoms with E-state index in [0.29, 0.717) is 11.6 Å². The van der Waals surface area contributed by atoms with Crippen LogP contribution in [0.2, 0.25) is 0 Å². The molecule has 2 aromatic heterocycles. The Morgan fingerprint density at radius 1 is 1.29 bits per heavy atom. The summed E-state index contributed by atoms with van der Waals surface area (Å²) in [7, 11) is 1.77. The summed E-state index contributed by atoms with van der Waals surface area (Å²) in [4.78, 5) is 16.2. The number of amides is 1. The maximum atomic E-state index is 12.1. The number of aromatic amines is 1. The summed E-state index contributed by atoms with van der Waals surface area (Å²) in [5.41, 5.74) is 2.81. The number of nitrogens with zero attached hydrogens (tertiary/aromatic N) is 3. The minimum atomic E-state index is -0.281. The zero-order valence-corrected chi connectivity index (χ0v) is 11.8. The third-order valence-electron chi connectivity index (χ3n) is 3.33. The van der Waals surface area contributed by atoms with Crippen LogP contribution in [0.4, 0.5) is 5.82 Å². The molecule has 2 heterocycles. The van der Waals surface area contributed by atoms with Gasteiger partial charge in [-0.05, 0) is 12.5 Å². The second-order valence-corrected chi connectivity index (χ2v) is 4.75. The van der Waals surface area contributed by atoms with E-state index in [9.17, 15) is 4.79 Å². The van der Waals surface area contributed by atoms with Crippen molar-refractivity contribution in [2.45, 2.75) is 6.92 Å². The number of benzene rings is 1. The number of nitrogens with one attached hydrogen (secondary N) is 2. The van der Waals surface area contributed by atoms with E-state index in [1.54, 1.807) is 24.0 Å². The minimum absolute atomic E-state index is 0.281. The van der Waals surface area contributed by atoms with Crippen molar-refractivity contribution < 1.29 is 4.79 Å². The van der Waals surface area contributed by atoms with Crippen molar-refractivity contribution in [1.29, 1.82) is 0 Å². The van der Waals surface area contributed by atoms with Gasteiger partial charge in [-0.3, -0.25) is 9.89 Å². The molecule has 106 valence electrons. The molecule has 1 aromatic carbocycles. The molecule has 3 rings (SSSR count). The van der Waals surface area contributed by atoms with Gasteiger partial charge in [-0.15, -0.1) is 0 Å². The van der Waals surface area contributed by atoms with Gasteiger partial charge in [0.05, 0.1) is 5.69 Å². The SMILES string of the molecule is Cc1c(NC(=O)c2nccn2C)n[nH]c1-c1ccccc1. The molecule has 0 unspecified atom stereocenters. The first kappa shape index (κ1) is 13.1. The van der Waals surface area contributed by atoms with E-state index in [4.69, 9.17) is 0 Å². The third kappa shape index (κ3) is 2.43. The fourth-order valence-electron chi connectivity index (χ4n) is 2.15. The first-order valence-electron chi connectivity index (χ1n) is 6.56. The molecule has 0 fully saturated rings. The first-order valence-corrected chi connectivity index (χ1v) is 6.56. The van der Waals surface area contributed by atoms with Crippen LogP contribution >= 0.6 is 0 Å². The molecule has 0 atom stereocenters. The van der Waals surface area contributed by atoms with E-state index >= 15 is 0 Å². The van der Waals surface area contributed by atoms with Crippen molar-refractivity contribution >= 4 is 11.7 Å². The normalized spacial score (nSPS) is 10.6. The topological polar surface area (TPSA) is 75.6 Å². The monoisotopic (exact) mass is 281 g/mol. The molecule has 0 bridgehead atoms. The van der Waals surface area contributed by atoms with E-state index in [1.807, 2.05) is 37.3 Å². The summed E-state index contributed by atoms with van der Waals surface area (Å²) in [6.45, 7) is 1.92. The van der Waals surface area contributed by atoms with Crippen LogP contribution in [0.25, 0.3) is 11.3 Å². The Balaban J connectivity index is 1.87. The maximum absolute atomic E-state index is 12.1. The fraction of sp³-hybridized carbons (Fsp3) is 0.133. The van der Waals surface area contributed by atoms with Crippen LogP contribution in [0.3, 0.4) is 0 Å². The smallest absolute Gasteiger partial charge is 0.292 e. The van der Waals surface area contributed by atoms with Crippen LogP contribution in [0.5, 0.6) is 0 Å². The van der Waals surface area contributed by atoms with Crippen molar-refractivity contribution in [2.24, 2.45) is 7.05 Å². The Labute approximate surface area is 121 Å². The number of anilines is 1. The van der Waals surface area contributed by atoms with E-state index in [1.165, 1.54) is 0 Å². The van der Waals surface area contributed by atoms with Crippen LogP contribution in [-0.4, -0.2) is 25.7 Å². The zero-order chi connectivity index (χ0) is 14.8. The highest BCUT2D eigenvalue weighted by Gasteiger charge is 2.16. The highest BCUT2D eigenvalue weighted by molar-refractivity contribution is 6.02. The number of rotatable bonds is 3. The second kappa shape index (κ2) is 5.24. The van der Waals surface area contributed by atoms with Crippen LogP contribution in [0.1, 0.15) is 16.2 Å². The van der Waals surface area contributed by atoms with Gasteiger partial charge in [0, 0.05) is 25.0 Å². The molecule has 6 heteroatoms. The van der Waals surface area contributed by atoms with Crippen molar-refractivity contribution in [3.05, 3.63) is 54.1 Å². The van der Waals surface area contributed by atoms with Gasteiger partial charge < -0.3 is 9.88 Å². The highest BCUT2D eigenvalue weighted by atomic mass is 16.2. The highest BCUT2D eigenvalue weighted by Crippen LogP contribution is 2.25. The van der Waals surface area contributed by atoms with E-state index in [0.717, 1.165) is 16.8 Å². The predicted molar refractivity (Wildman–Crippen MR) is 79.9 cm³/mol. The summed E-state index contributed by atoms with van der Waals surface area (Å²) in [5, 5.41) is 9.92. The quantitative estimate of drug-likeness (QED) is 0.774. The molecule has 0 spiro atoms. The molecule has 3 aromatic rings. The van der Waals surface area contributed by atoms with Gasteiger partial charge in [0.1, 0.15) is 0 Å². The summed E-state index contributed by atoms with van der Waals surface area (Å²) in [5.74, 6) is 0.581. The van der Waals surface area contributed by atoms with Crippen LogP contribution in [0.15, 0.2) is 42.7 Å². The second-order valence-electron chi connectivity index (χ2n) is 4.75. The summed E-state index contributed by atoms with van der Waals surface area (Å²) in [6.07, 6.45) is 3.31.